The van der Waals surface area contributed by atoms with Gasteiger partial charge in [0.05, 0.1) is 33.8 Å². The number of esters is 1. The van der Waals surface area contributed by atoms with E-state index < -0.39 is 20.0 Å². The van der Waals surface area contributed by atoms with Gasteiger partial charge >= 0.3 is 13.8 Å². The minimum atomic E-state index is -4.45. The molecular formula is C64H116N2O7P+. The zero-order chi connectivity index (χ0) is 54.3. The van der Waals surface area contributed by atoms with Crippen LogP contribution in [0.3, 0.4) is 0 Å². The van der Waals surface area contributed by atoms with Gasteiger partial charge in [-0.15, -0.1) is 0 Å². The van der Waals surface area contributed by atoms with Gasteiger partial charge in [-0.25, -0.2) is 4.57 Å². The van der Waals surface area contributed by atoms with E-state index in [1.54, 1.807) is 0 Å². The van der Waals surface area contributed by atoms with Gasteiger partial charge in [0.25, 0.3) is 0 Å². The summed E-state index contributed by atoms with van der Waals surface area (Å²) in [5.74, 6) is -0.525. The van der Waals surface area contributed by atoms with Crippen LogP contribution < -0.4 is 5.32 Å². The Morgan fingerprint density at radius 2 is 0.878 bits per heavy atom. The van der Waals surface area contributed by atoms with E-state index in [1.165, 1.54) is 96.3 Å². The Hall–Kier alpha value is -2.81. The summed E-state index contributed by atoms with van der Waals surface area (Å²) in [5, 5.41) is 3.04. The normalized spacial score (nSPS) is 14.3. The second-order valence-electron chi connectivity index (χ2n) is 21.5. The van der Waals surface area contributed by atoms with Crippen molar-refractivity contribution in [2.45, 2.75) is 270 Å². The molecule has 10 heteroatoms. The van der Waals surface area contributed by atoms with Crippen LogP contribution in [0.5, 0.6) is 0 Å². The first-order valence-corrected chi connectivity index (χ1v) is 31.9. The number of ether oxygens (including phenoxy) is 1. The van der Waals surface area contributed by atoms with Gasteiger partial charge in [-0.3, -0.25) is 18.6 Å². The van der Waals surface area contributed by atoms with Crippen molar-refractivity contribution >= 4 is 19.7 Å². The maximum atomic E-state index is 13.5. The molecule has 428 valence electrons. The van der Waals surface area contributed by atoms with Crippen LogP contribution in [-0.4, -0.2) is 74.3 Å². The minimum Gasteiger partial charge on any atom is -0.456 e. The molecule has 0 fully saturated rings. The summed E-state index contributed by atoms with van der Waals surface area (Å²) in [6.07, 6.45) is 70.1. The Morgan fingerprint density at radius 1 is 0.486 bits per heavy atom. The van der Waals surface area contributed by atoms with Crippen molar-refractivity contribution in [1.29, 1.82) is 0 Å². The number of amides is 1. The van der Waals surface area contributed by atoms with Gasteiger partial charge in [0.2, 0.25) is 5.91 Å². The highest BCUT2D eigenvalue weighted by Gasteiger charge is 2.30. The Balaban J connectivity index is 5.14. The van der Waals surface area contributed by atoms with Crippen molar-refractivity contribution in [3.8, 4) is 0 Å². The lowest BCUT2D eigenvalue weighted by Gasteiger charge is -2.27. The lowest BCUT2D eigenvalue weighted by Crippen LogP contribution is -2.47. The second kappa shape index (κ2) is 53.6. The van der Waals surface area contributed by atoms with E-state index in [0.29, 0.717) is 17.4 Å². The van der Waals surface area contributed by atoms with Crippen LogP contribution in [0.1, 0.15) is 258 Å². The molecule has 2 N–H and O–H groups in total. The SMILES string of the molecule is CC/C=C\C/C=C\C/C=C\C/C=C\C/C=C\CCCCCCCCCCCC(=O)OC(/C=C\CCCCCCCCCCCC)C(COP(=O)(O)OCC[N+](C)(C)C)NC(=O)CCCCCCC/C=C\CCCC. The molecule has 0 aromatic rings. The molecule has 9 nitrogen and oxygen atoms in total. The lowest BCUT2D eigenvalue weighted by molar-refractivity contribution is -0.870. The van der Waals surface area contributed by atoms with Crippen molar-refractivity contribution in [3.05, 3.63) is 85.1 Å². The third kappa shape index (κ3) is 54.0. The van der Waals surface area contributed by atoms with E-state index >= 15 is 0 Å². The predicted octanol–water partition coefficient (Wildman–Crippen LogP) is 18.6. The number of phosphoric ester groups is 1. The highest BCUT2D eigenvalue weighted by molar-refractivity contribution is 7.47. The first kappa shape index (κ1) is 71.2. The smallest absolute Gasteiger partial charge is 0.456 e. The van der Waals surface area contributed by atoms with E-state index in [2.05, 4.69) is 99.0 Å². The molecule has 3 atom stereocenters. The fourth-order valence-corrected chi connectivity index (χ4v) is 9.09. The average Bonchev–Trinajstić information content (AvgIpc) is 3.36. The minimum absolute atomic E-state index is 0.0348. The molecule has 0 radical (unpaired) electrons. The number of carbonyl (C=O) groups is 2. The van der Waals surface area contributed by atoms with Crippen molar-refractivity contribution in [2.75, 3.05) is 40.9 Å². The Kier molecular flexibility index (Phi) is 51.5. The number of allylic oxidation sites excluding steroid dienone is 13. The molecule has 0 saturated heterocycles. The number of carbonyl (C=O) groups excluding carboxylic acids is 2. The molecular weight excluding hydrogens is 940 g/mol. The first-order chi connectivity index (χ1) is 35.9. The molecule has 0 rings (SSSR count). The Bertz CT molecular complexity index is 1540. The summed E-state index contributed by atoms with van der Waals surface area (Å²) < 4.78 is 30.6. The van der Waals surface area contributed by atoms with Crippen LogP contribution in [-0.2, 0) is 27.9 Å². The molecule has 0 bridgehead atoms. The molecule has 3 unspecified atom stereocenters. The monoisotopic (exact) mass is 1060 g/mol. The van der Waals surface area contributed by atoms with Gasteiger partial charge in [-0.1, -0.05) is 235 Å². The molecule has 0 aromatic carbocycles. The summed E-state index contributed by atoms with van der Waals surface area (Å²) >= 11 is 0. The number of phosphoric acid groups is 1. The molecule has 74 heavy (non-hydrogen) atoms. The number of quaternary nitrogens is 1. The van der Waals surface area contributed by atoms with E-state index in [9.17, 15) is 19.0 Å². The van der Waals surface area contributed by atoms with Gasteiger partial charge in [0.1, 0.15) is 19.3 Å². The Morgan fingerprint density at radius 3 is 1.35 bits per heavy atom. The van der Waals surface area contributed by atoms with Crippen molar-refractivity contribution in [3.63, 3.8) is 0 Å². The molecule has 0 aromatic heterocycles. The molecule has 0 aliphatic carbocycles. The molecule has 0 saturated carbocycles. The number of nitrogens with one attached hydrogen (secondary N) is 1. The van der Waals surface area contributed by atoms with Gasteiger partial charge in [0, 0.05) is 12.8 Å². The highest BCUT2D eigenvalue weighted by Crippen LogP contribution is 2.43. The van der Waals surface area contributed by atoms with Crippen LogP contribution in [0.25, 0.3) is 0 Å². The first-order valence-electron chi connectivity index (χ1n) is 30.4. The quantitative estimate of drug-likeness (QED) is 0.0205. The van der Waals surface area contributed by atoms with Crippen LogP contribution in [0, 0.1) is 0 Å². The maximum Gasteiger partial charge on any atom is 0.472 e. The van der Waals surface area contributed by atoms with Crippen LogP contribution >= 0.6 is 7.82 Å². The molecule has 0 heterocycles. The van der Waals surface area contributed by atoms with Crippen LogP contribution in [0.15, 0.2) is 85.1 Å². The average molecular weight is 1060 g/mol. The highest BCUT2D eigenvalue weighted by atomic mass is 31.2. The summed E-state index contributed by atoms with van der Waals surface area (Å²) in [6.45, 7) is 6.84. The number of unbranched alkanes of at least 4 members (excludes halogenated alkanes) is 26. The van der Waals surface area contributed by atoms with E-state index in [0.717, 1.165) is 128 Å². The summed E-state index contributed by atoms with van der Waals surface area (Å²) in [7, 11) is 1.48. The third-order valence-electron chi connectivity index (χ3n) is 13.1. The number of likely N-dealkylation sites (N-methyl/N-ethyl adjacent to an activating group) is 1. The van der Waals surface area contributed by atoms with Crippen molar-refractivity contribution in [2.24, 2.45) is 0 Å². The number of hydrogen-bond acceptors (Lipinski definition) is 6. The summed E-state index contributed by atoms with van der Waals surface area (Å²) in [4.78, 5) is 37.6. The summed E-state index contributed by atoms with van der Waals surface area (Å²) in [5.41, 5.74) is 0. The zero-order valence-electron chi connectivity index (χ0n) is 48.8. The van der Waals surface area contributed by atoms with E-state index in [1.807, 2.05) is 33.3 Å². The second-order valence-corrected chi connectivity index (χ2v) is 22.9. The number of rotatable bonds is 54. The van der Waals surface area contributed by atoms with E-state index in [4.69, 9.17) is 13.8 Å². The maximum absolute atomic E-state index is 13.5. The Labute approximate surface area is 456 Å². The van der Waals surface area contributed by atoms with Gasteiger partial charge < -0.3 is 19.4 Å². The predicted molar refractivity (Wildman–Crippen MR) is 318 cm³/mol. The molecule has 1 amide bonds. The number of nitrogens with zero attached hydrogens (tertiary/aromatic N) is 1. The largest absolute Gasteiger partial charge is 0.472 e. The third-order valence-corrected chi connectivity index (χ3v) is 14.1. The molecule has 0 aliphatic rings. The fraction of sp³-hybridized carbons (Fsp3) is 0.750. The van der Waals surface area contributed by atoms with Crippen molar-refractivity contribution in [1.82, 2.24) is 5.32 Å². The standard InChI is InChI=1S/C64H115N2O7P/c1-7-10-13-16-19-22-25-27-28-29-30-31-32-33-34-35-36-37-38-39-42-45-48-51-54-57-64(68)73-62(55-52-49-46-43-41-26-23-20-17-14-11-8-2)61(60-72-74(69,70)71-59-58-66(4,5)6)65-63(67)56-53-50-47-44-40-24-21-18-15-12-9-3/h10,13,18-19,21-22,27-28,30-31,33-34,52,55,61-62H,7-9,11-12,14-17,20,23-26,29,32,35-51,53-54,56-60H2,1-6H3,(H-,65,67,69,70)/p+1/b13-10-,21-18-,22-19-,28-27-,31-30-,34-33-,55-52-. The van der Waals surface area contributed by atoms with Gasteiger partial charge in [-0.2, -0.15) is 0 Å². The van der Waals surface area contributed by atoms with Crippen LogP contribution in [0.4, 0.5) is 0 Å². The fourth-order valence-electron chi connectivity index (χ4n) is 8.36. The lowest BCUT2D eigenvalue weighted by atomic mass is 10.0. The molecule has 0 aliphatic heterocycles. The van der Waals surface area contributed by atoms with E-state index in [-0.39, 0.29) is 31.5 Å². The van der Waals surface area contributed by atoms with Gasteiger partial charge in [0.15, 0.2) is 0 Å². The molecule has 0 spiro atoms. The topological polar surface area (TPSA) is 111 Å². The summed E-state index contributed by atoms with van der Waals surface area (Å²) in [6, 6.07) is -0.857. The van der Waals surface area contributed by atoms with Crippen molar-refractivity contribution < 1.29 is 37.3 Å². The van der Waals surface area contributed by atoms with Crippen LogP contribution in [0.2, 0.25) is 0 Å². The zero-order valence-corrected chi connectivity index (χ0v) is 49.7. The van der Waals surface area contributed by atoms with Gasteiger partial charge in [-0.05, 0) is 96.0 Å². The number of hydrogen-bond donors (Lipinski definition) is 2.